The van der Waals surface area contributed by atoms with E-state index in [4.69, 9.17) is 11.6 Å². The second kappa shape index (κ2) is 6.45. The van der Waals surface area contributed by atoms with E-state index >= 15 is 0 Å². The van der Waals surface area contributed by atoms with Gasteiger partial charge in [0.05, 0.1) is 23.9 Å². The van der Waals surface area contributed by atoms with Crippen molar-refractivity contribution in [3.8, 4) is 5.69 Å². The Bertz CT molecular complexity index is 1210. The molecule has 5 rings (SSSR count). The molecule has 3 aromatic heterocycles. The highest BCUT2D eigenvalue weighted by atomic mass is 35.5. The van der Waals surface area contributed by atoms with E-state index in [0.29, 0.717) is 27.8 Å². The fourth-order valence-corrected chi connectivity index (χ4v) is 3.44. The number of fused-ring (bicyclic) bond motifs is 1. The number of aromatic nitrogens is 5. The SMILES string of the molecule is Cc1cn(-c2cc(Cl)cc(NC(=O)c3cnn4ccc(C5CC5)nc34)c2)cn1. The van der Waals surface area contributed by atoms with E-state index in [1.165, 1.54) is 0 Å². The highest BCUT2D eigenvalue weighted by Gasteiger charge is 2.26. The maximum atomic E-state index is 12.9. The first-order valence-electron chi connectivity index (χ1n) is 9.04. The lowest BCUT2D eigenvalue weighted by atomic mass is 10.2. The average molecular weight is 393 g/mol. The van der Waals surface area contributed by atoms with Crippen molar-refractivity contribution in [2.45, 2.75) is 25.7 Å². The Morgan fingerprint density at radius 3 is 2.89 bits per heavy atom. The van der Waals surface area contributed by atoms with E-state index in [2.05, 4.69) is 20.4 Å². The van der Waals surface area contributed by atoms with Crippen molar-refractivity contribution in [1.29, 1.82) is 0 Å². The number of nitrogens with one attached hydrogen (secondary N) is 1. The zero-order valence-corrected chi connectivity index (χ0v) is 15.9. The van der Waals surface area contributed by atoms with Crippen LogP contribution in [0.25, 0.3) is 11.3 Å². The second-order valence-electron chi connectivity index (χ2n) is 7.03. The van der Waals surface area contributed by atoms with Crippen LogP contribution in [0.4, 0.5) is 5.69 Å². The Morgan fingerprint density at radius 2 is 2.14 bits per heavy atom. The van der Waals surface area contributed by atoms with Gasteiger partial charge in [-0.3, -0.25) is 4.79 Å². The minimum absolute atomic E-state index is 0.273. The van der Waals surface area contributed by atoms with Crippen molar-refractivity contribution in [2.75, 3.05) is 5.32 Å². The van der Waals surface area contributed by atoms with Gasteiger partial charge in [0.2, 0.25) is 0 Å². The summed E-state index contributed by atoms with van der Waals surface area (Å²) >= 11 is 6.26. The largest absolute Gasteiger partial charge is 0.322 e. The van der Waals surface area contributed by atoms with E-state index in [0.717, 1.165) is 29.9 Å². The van der Waals surface area contributed by atoms with E-state index < -0.39 is 0 Å². The Hall–Kier alpha value is -3.19. The summed E-state index contributed by atoms with van der Waals surface area (Å²) in [7, 11) is 0. The smallest absolute Gasteiger partial charge is 0.261 e. The number of rotatable bonds is 4. The Balaban J connectivity index is 1.46. The van der Waals surface area contributed by atoms with Crippen molar-refractivity contribution in [1.82, 2.24) is 24.1 Å². The van der Waals surface area contributed by atoms with Gasteiger partial charge in [-0.05, 0) is 44.0 Å². The van der Waals surface area contributed by atoms with Crippen molar-refractivity contribution in [3.05, 3.63) is 71.2 Å². The minimum Gasteiger partial charge on any atom is -0.322 e. The number of benzene rings is 1. The number of anilines is 1. The highest BCUT2D eigenvalue weighted by Crippen LogP contribution is 2.39. The lowest BCUT2D eigenvalue weighted by Crippen LogP contribution is -2.12. The number of hydrogen-bond acceptors (Lipinski definition) is 4. The molecule has 8 heteroatoms. The van der Waals surface area contributed by atoms with Gasteiger partial charge < -0.3 is 9.88 Å². The van der Waals surface area contributed by atoms with Gasteiger partial charge in [-0.2, -0.15) is 5.10 Å². The minimum atomic E-state index is -0.273. The Kier molecular flexibility index (Phi) is 3.91. The Morgan fingerprint density at radius 1 is 1.29 bits per heavy atom. The molecule has 7 nitrogen and oxygen atoms in total. The highest BCUT2D eigenvalue weighted by molar-refractivity contribution is 6.31. The molecule has 1 aliphatic carbocycles. The van der Waals surface area contributed by atoms with Gasteiger partial charge in [0.15, 0.2) is 5.65 Å². The van der Waals surface area contributed by atoms with Crippen molar-refractivity contribution >= 4 is 28.8 Å². The molecule has 1 amide bonds. The molecule has 0 saturated heterocycles. The number of amides is 1. The van der Waals surface area contributed by atoms with Gasteiger partial charge in [-0.25, -0.2) is 14.5 Å². The van der Waals surface area contributed by atoms with Gasteiger partial charge in [0.1, 0.15) is 5.56 Å². The summed E-state index contributed by atoms with van der Waals surface area (Å²) in [5.41, 5.74) is 4.32. The molecule has 0 radical (unpaired) electrons. The second-order valence-corrected chi connectivity index (χ2v) is 7.46. The summed E-state index contributed by atoms with van der Waals surface area (Å²) in [5, 5.41) is 7.67. The molecule has 0 aliphatic heterocycles. The topological polar surface area (TPSA) is 77.1 Å². The van der Waals surface area contributed by atoms with Crippen LogP contribution < -0.4 is 5.32 Å². The molecule has 140 valence electrons. The molecule has 0 spiro atoms. The fraction of sp³-hybridized carbons (Fsp3) is 0.200. The monoisotopic (exact) mass is 392 g/mol. The quantitative estimate of drug-likeness (QED) is 0.569. The van der Waals surface area contributed by atoms with Crippen LogP contribution in [-0.2, 0) is 0 Å². The normalized spacial score (nSPS) is 13.8. The number of nitrogens with zero attached hydrogens (tertiary/aromatic N) is 5. The molecule has 3 heterocycles. The zero-order chi connectivity index (χ0) is 19.3. The maximum absolute atomic E-state index is 12.9. The predicted octanol–water partition coefficient (Wildman–Crippen LogP) is 4.01. The number of carbonyl (C=O) groups excluding carboxylic acids is 1. The molecule has 1 saturated carbocycles. The summed E-state index contributed by atoms with van der Waals surface area (Å²) in [6.07, 6.45) is 9.30. The average Bonchev–Trinajstić information content (AvgIpc) is 3.29. The van der Waals surface area contributed by atoms with Crippen LogP contribution in [-0.4, -0.2) is 30.1 Å². The third-order valence-corrected chi connectivity index (χ3v) is 5.00. The third-order valence-electron chi connectivity index (χ3n) is 4.78. The van der Waals surface area contributed by atoms with Gasteiger partial charge >= 0.3 is 0 Å². The molecule has 4 aromatic rings. The predicted molar refractivity (Wildman–Crippen MR) is 106 cm³/mol. The number of hydrogen-bond donors (Lipinski definition) is 1. The molecular formula is C20H17ClN6O. The van der Waals surface area contributed by atoms with Gasteiger partial charge in [0, 0.05) is 34.7 Å². The van der Waals surface area contributed by atoms with E-state index in [-0.39, 0.29) is 5.91 Å². The molecule has 1 fully saturated rings. The Labute approximate surface area is 166 Å². The number of halogens is 1. The first-order chi connectivity index (χ1) is 13.6. The van der Waals surface area contributed by atoms with Crippen molar-refractivity contribution in [3.63, 3.8) is 0 Å². The van der Waals surface area contributed by atoms with Crippen molar-refractivity contribution in [2.24, 2.45) is 0 Å². The summed E-state index contributed by atoms with van der Waals surface area (Å²) in [6.45, 7) is 1.91. The van der Waals surface area contributed by atoms with E-state index in [1.807, 2.05) is 42.1 Å². The number of imidazole rings is 1. The van der Waals surface area contributed by atoms with Crippen molar-refractivity contribution < 1.29 is 4.79 Å². The maximum Gasteiger partial charge on any atom is 0.261 e. The fourth-order valence-electron chi connectivity index (χ4n) is 3.21. The van der Waals surface area contributed by atoms with Crippen LogP contribution in [0.2, 0.25) is 5.02 Å². The van der Waals surface area contributed by atoms with E-state index in [1.54, 1.807) is 23.1 Å². The standard InChI is InChI=1S/C20H17ClN6O/c1-12-10-26(11-22-12)16-7-14(21)6-15(8-16)24-20(28)17-9-23-27-5-4-18(13-2-3-13)25-19(17)27/h4-11,13H,2-3H2,1H3,(H,24,28). The van der Waals surface area contributed by atoms with Gasteiger partial charge in [-0.15, -0.1) is 0 Å². The van der Waals surface area contributed by atoms with Crippen LogP contribution in [0.1, 0.15) is 40.5 Å². The molecular weight excluding hydrogens is 376 g/mol. The van der Waals surface area contributed by atoms with Crippen LogP contribution in [0.5, 0.6) is 0 Å². The first-order valence-corrected chi connectivity index (χ1v) is 9.42. The van der Waals surface area contributed by atoms with Crippen LogP contribution in [0.3, 0.4) is 0 Å². The summed E-state index contributed by atoms with van der Waals surface area (Å²) in [6, 6.07) is 7.34. The van der Waals surface area contributed by atoms with Gasteiger partial charge in [-0.1, -0.05) is 11.6 Å². The zero-order valence-electron chi connectivity index (χ0n) is 15.1. The molecule has 0 atom stereocenters. The van der Waals surface area contributed by atoms with Crippen LogP contribution >= 0.6 is 11.6 Å². The third kappa shape index (κ3) is 3.14. The van der Waals surface area contributed by atoms with Crippen LogP contribution in [0.15, 0.2) is 49.2 Å². The summed E-state index contributed by atoms with van der Waals surface area (Å²) < 4.78 is 3.48. The first kappa shape index (κ1) is 16.9. The lowest BCUT2D eigenvalue weighted by Gasteiger charge is -2.09. The molecule has 1 aliphatic rings. The number of carbonyl (C=O) groups is 1. The van der Waals surface area contributed by atoms with Gasteiger partial charge in [0.25, 0.3) is 5.91 Å². The van der Waals surface area contributed by atoms with Crippen LogP contribution in [0, 0.1) is 6.92 Å². The van der Waals surface area contributed by atoms with E-state index in [9.17, 15) is 4.79 Å². The molecule has 28 heavy (non-hydrogen) atoms. The molecule has 0 bridgehead atoms. The summed E-state index contributed by atoms with van der Waals surface area (Å²) in [5.74, 6) is 0.232. The molecule has 1 N–H and O–H groups in total. The number of aryl methyl sites for hydroxylation is 1. The summed E-state index contributed by atoms with van der Waals surface area (Å²) in [4.78, 5) is 21.8. The molecule has 0 unspecified atom stereocenters. The molecule has 1 aromatic carbocycles. The lowest BCUT2D eigenvalue weighted by molar-refractivity contribution is 0.102.